The molecule has 9 nitrogen and oxygen atoms in total. The number of amides is 2. The standard InChI is InChI=1S/C26H30N4O5S/c1-15-8-16(2)11-29(10-15)21(31)12-30-14-28-25-22(26(30)33)17(3)23(36-25)24(32)27-9-18-13-34-19-6-4-5-7-20(19)35-18/h4-7,14-16,18H,8-13H2,1-3H3,(H,27,32)/t15-,16-,18+/m0/s1. The van der Waals surface area contributed by atoms with Gasteiger partial charge >= 0.3 is 0 Å². The van der Waals surface area contributed by atoms with Crippen LogP contribution in [0, 0.1) is 18.8 Å². The third-order valence-electron chi connectivity index (χ3n) is 6.71. The molecule has 1 N–H and O–H groups in total. The number of hydrogen-bond donors (Lipinski definition) is 1. The molecule has 0 radical (unpaired) electrons. The quantitative estimate of drug-likeness (QED) is 0.566. The molecule has 3 aromatic rings. The third-order valence-corrected chi connectivity index (χ3v) is 7.91. The fourth-order valence-corrected chi connectivity index (χ4v) is 6.11. The summed E-state index contributed by atoms with van der Waals surface area (Å²) in [7, 11) is 0. The minimum absolute atomic E-state index is 0.0570. The summed E-state index contributed by atoms with van der Waals surface area (Å²) in [6.45, 7) is 7.98. The van der Waals surface area contributed by atoms with Gasteiger partial charge in [0.15, 0.2) is 11.5 Å². The van der Waals surface area contributed by atoms with E-state index in [1.54, 1.807) is 6.92 Å². The second-order valence-corrected chi connectivity index (χ2v) is 10.9. The maximum absolute atomic E-state index is 13.2. The highest BCUT2D eigenvalue weighted by molar-refractivity contribution is 7.20. The molecule has 1 fully saturated rings. The molecule has 2 amide bonds. The number of aromatic nitrogens is 2. The predicted octanol–water partition coefficient (Wildman–Crippen LogP) is 2.84. The van der Waals surface area contributed by atoms with E-state index in [0.29, 0.717) is 63.7 Å². The number of piperidine rings is 1. The van der Waals surface area contributed by atoms with Gasteiger partial charge in [-0.1, -0.05) is 26.0 Å². The van der Waals surface area contributed by atoms with Crippen LogP contribution in [0.3, 0.4) is 0 Å². The minimum atomic E-state index is -0.319. The van der Waals surface area contributed by atoms with Gasteiger partial charge in [0.2, 0.25) is 5.91 Å². The Bertz CT molecular complexity index is 1360. The minimum Gasteiger partial charge on any atom is -0.486 e. The molecule has 0 saturated carbocycles. The summed E-state index contributed by atoms with van der Waals surface area (Å²) in [6, 6.07) is 7.41. The summed E-state index contributed by atoms with van der Waals surface area (Å²) in [6.07, 6.45) is 2.19. The SMILES string of the molecule is Cc1c(C(=O)NC[C@@H]2COc3ccccc3O2)sc2ncn(CC(=O)N3C[C@@H](C)C[C@H](C)C3)c(=O)c12. The lowest BCUT2D eigenvalue weighted by Crippen LogP contribution is -2.44. The molecule has 4 heterocycles. The molecule has 2 aliphatic rings. The Morgan fingerprint density at radius 1 is 1.17 bits per heavy atom. The maximum atomic E-state index is 13.2. The smallest absolute Gasteiger partial charge is 0.262 e. The highest BCUT2D eigenvalue weighted by atomic mass is 32.1. The topological polar surface area (TPSA) is 103 Å². The largest absolute Gasteiger partial charge is 0.486 e. The van der Waals surface area contributed by atoms with Crippen LogP contribution in [0.2, 0.25) is 0 Å². The Morgan fingerprint density at radius 3 is 2.64 bits per heavy atom. The van der Waals surface area contributed by atoms with Crippen molar-refractivity contribution in [1.82, 2.24) is 19.8 Å². The normalized spacial score (nSPS) is 21.4. The van der Waals surface area contributed by atoms with Gasteiger partial charge < -0.3 is 19.7 Å². The van der Waals surface area contributed by atoms with Crippen molar-refractivity contribution in [3.8, 4) is 11.5 Å². The van der Waals surface area contributed by atoms with Crippen molar-refractivity contribution in [2.45, 2.75) is 39.8 Å². The second kappa shape index (κ2) is 9.93. The van der Waals surface area contributed by atoms with Gasteiger partial charge in [0, 0.05) is 13.1 Å². The first-order chi connectivity index (χ1) is 17.3. The zero-order chi connectivity index (χ0) is 25.4. The predicted molar refractivity (Wildman–Crippen MR) is 137 cm³/mol. The molecule has 3 atom stereocenters. The number of carbonyl (C=O) groups is 2. The van der Waals surface area contributed by atoms with E-state index in [4.69, 9.17) is 9.47 Å². The van der Waals surface area contributed by atoms with Crippen molar-refractivity contribution in [3.05, 3.63) is 51.4 Å². The molecule has 0 spiro atoms. The molecule has 1 aromatic carbocycles. The van der Waals surface area contributed by atoms with E-state index in [1.165, 1.54) is 22.2 Å². The molecule has 190 valence electrons. The van der Waals surface area contributed by atoms with Crippen molar-refractivity contribution in [2.24, 2.45) is 11.8 Å². The molecule has 2 aliphatic heterocycles. The Balaban J connectivity index is 1.28. The van der Waals surface area contributed by atoms with Crippen LogP contribution in [-0.2, 0) is 11.3 Å². The lowest BCUT2D eigenvalue weighted by atomic mass is 9.92. The van der Waals surface area contributed by atoms with Gasteiger partial charge in [0.05, 0.1) is 23.1 Å². The van der Waals surface area contributed by atoms with Crippen LogP contribution in [-0.4, -0.2) is 58.6 Å². The van der Waals surface area contributed by atoms with Crippen LogP contribution in [0.5, 0.6) is 11.5 Å². The van der Waals surface area contributed by atoms with E-state index in [-0.39, 0.29) is 36.6 Å². The summed E-state index contributed by atoms with van der Waals surface area (Å²) >= 11 is 1.17. The fraction of sp³-hybridized carbons (Fsp3) is 0.462. The van der Waals surface area contributed by atoms with Gasteiger partial charge in [0.1, 0.15) is 24.1 Å². The van der Waals surface area contributed by atoms with Crippen molar-refractivity contribution >= 4 is 33.4 Å². The van der Waals surface area contributed by atoms with Gasteiger partial charge in [-0.15, -0.1) is 11.3 Å². The summed E-state index contributed by atoms with van der Waals surface area (Å²) in [4.78, 5) is 46.3. The van der Waals surface area contributed by atoms with E-state index >= 15 is 0 Å². The number of para-hydroxylation sites is 2. The Morgan fingerprint density at radius 2 is 1.89 bits per heavy atom. The second-order valence-electron chi connectivity index (χ2n) is 9.87. The average molecular weight is 511 g/mol. The lowest BCUT2D eigenvalue weighted by molar-refractivity contribution is -0.134. The van der Waals surface area contributed by atoms with Crippen molar-refractivity contribution in [2.75, 3.05) is 26.2 Å². The van der Waals surface area contributed by atoms with Crippen LogP contribution < -0.4 is 20.3 Å². The number of carbonyl (C=O) groups excluding carboxylic acids is 2. The molecule has 0 unspecified atom stereocenters. The molecule has 1 saturated heterocycles. The number of likely N-dealkylation sites (tertiary alicyclic amines) is 1. The van der Waals surface area contributed by atoms with Gasteiger partial charge in [-0.3, -0.25) is 19.0 Å². The van der Waals surface area contributed by atoms with Gasteiger partial charge in [-0.25, -0.2) is 4.98 Å². The fourth-order valence-electron chi connectivity index (χ4n) is 5.05. The molecule has 0 bridgehead atoms. The van der Waals surface area contributed by atoms with E-state index in [1.807, 2.05) is 29.2 Å². The third kappa shape index (κ3) is 4.82. The number of nitrogens with one attached hydrogen (secondary N) is 1. The number of benzene rings is 1. The Hall–Kier alpha value is -3.40. The monoisotopic (exact) mass is 510 g/mol. The van der Waals surface area contributed by atoms with E-state index in [9.17, 15) is 14.4 Å². The molecule has 0 aliphatic carbocycles. The van der Waals surface area contributed by atoms with Crippen molar-refractivity contribution in [3.63, 3.8) is 0 Å². The molecular formula is C26H30N4O5S. The van der Waals surface area contributed by atoms with Crippen LogP contribution in [0.4, 0.5) is 0 Å². The zero-order valence-corrected chi connectivity index (χ0v) is 21.5. The molecule has 10 heteroatoms. The molecular weight excluding hydrogens is 480 g/mol. The van der Waals surface area contributed by atoms with Gasteiger partial charge in [-0.05, 0) is 42.9 Å². The van der Waals surface area contributed by atoms with E-state index in [0.717, 1.165) is 6.42 Å². The maximum Gasteiger partial charge on any atom is 0.262 e. The molecule has 36 heavy (non-hydrogen) atoms. The van der Waals surface area contributed by atoms with Crippen LogP contribution >= 0.6 is 11.3 Å². The van der Waals surface area contributed by atoms with Crippen molar-refractivity contribution < 1.29 is 19.1 Å². The summed E-state index contributed by atoms with van der Waals surface area (Å²) < 4.78 is 13.0. The molecule has 5 rings (SSSR count). The number of ether oxygens (including phenoxy) is 2. The first-order valence-corrected chi connectivity index (χ1v) is 13.0. The Kier molecular flexibility index (Phi) is 6.70. The number of aryl methyl sites for hydroxylation is 1. The first kappa shape index (κ1) is 24.3. The van der Waals surface area contributed by atoms with Crippen LogP contribution in [0.25, 0.3) is 10.2 Å². The number of hydrogen-bond acceptors (Lipinski definition) is 7. The highest BCUT2D eigenvalue weighted by Gasteiger charge is 2.27. The van der Waals surface area contributed by atoms with E-state index < -0.39 is 0 Å². The van der Waals surface area contributed by atoms with Crippen LogP contribution in [0.15, 0.2) is 35.4 Å². The number of nitrogens with zero attached hydrogens (tertiary/aromatic N) is 3. The van der Waals surface area contributed by atoms with E-state index in [2.05, 4.69) is 24.1 Å². The first-order valence-electron chi connectivity index (χ1n) is 12.2. The highest BCUT2D eigenvalue weighted by Crippen LogP contribution is 2.31. The van der Waals surface area contributed by atoms with Crippen LogP contribution in [0.1, 0.15) is 35.5 Å². The number of fused-ring (bicyclic) bond motifs is 2. The number of rotatable bonds is 5. The number of thiophene rings is 1. The Labute approximate surface area is 213 Å². The average Bonchev–Trinajstić information content (AvgIpc) is 3.20. The van der Waals surface area contributed by atoms with Crippen molar-refractivity contribution in [1.29, 1.82) is 0 Å². The van der Waals surface area contributed by atoms with Gasteiger partial charge in [0.25, 0.3) is 11.5 Å². The molecule has 2 aromatic heterocycles. The lowest BCUT2D eigenvalue weighted by Gasteiger charge is -2.35. The van der Waals surface area contributed by atoms with Gasteiger partial charge in [-0.2, -0.15) is 0 Å². The summed E-state index contributed by atoms with van der Waals surface area (Å²) in [5.74, 6) is 1.83. The zero-order valence-electron chi connectivity index (χ0n) is 20.7. The summed E-state index contributed by atoms with van der Waals surface area (Å²) in [5, 5.41) is 3.27. The summed E-state index contributed by atoms with van der Waals surface area (Å²) in [5.41, 5.74) is 0.262.